The predicted molar refractivity (Wildman–Crippen MR) is 113 cm³/mol. The molecule has 8 N–H and O–H groups in total. The highest BCUT2D eigenvalue weighted by Gasteiger charge is 2.38. The van der Waals surface area contributed by atoms with Crippen LogP contribution < -0.4 is 22.0 Å². The van der Waals surface area contributed by atoms with Gasteiger partial charge in [0.15, 0.2) is 16.9 Å². The van der Waals surface area contributed by atoms with Crippen LogP contribution in [0.5, 0.6) is 5.75 Å². The molecule has 0 radical (unpaired) electrons. The van der Waals surface area contributed by atoms with E-state index in [-0.39, 0.29) is 36.0 Å². The van der Waals surface area contributed by atoms with Crippen molar-refractivity contribution in [1.82, 2.24) is 20.5 Å². The SMILES string of the molecule is Nc1nc(C(NOCc2cc(=O)c(O)cn2O)C(=O)N[C@H]2CCC(CC(=O)O)OB2O)cs1. The van der Waals surface area contributed by atoms with Crippen molar-refractivity contribution < 1.29 is 39.5 Å². The Bertz CT molecular complexity index is 1060. The van der Waals surface area contributed by atoms with Crippen molar-refractivity contribution in [2.45, 2.75) is 44.0 Å². The van der Waals surface area contributed by atoms with Gasteiger partial charge in [-0.3, -0.25) is 19.2 Å². The molecule has 3 atom stereocenters. The second-order valence-electron chi connectivity index (χ2n) is 7.25. The first-order valence-electron chi connectivity index (χ1n) is 9.71. The molecule has 14 nitrogen and oxygen atoms in total. The fourth-order valence-electron chi connectivity index (χ4n) is 3.16. The van der Waals surface area contributed by atoms with Crippen LogP contribution in [-0.2, 0) is 25.7 Å². The Hall–Kier alpha value is -3.18. The number of anilines is 1. The van der Waals surface area contributed by atoms with Crippen molar-refractivity contribution in [3.63, 3.8) is 0 Å². The molecule has 0 saturated carbocycles. The third-order valence-corrected chi connectivity index (χ3v) is 5.51. The first-order chi connectivity index (χ1) is 15.6. The first kappa shape index (κ1) is 24.5. The largest absolute Gasteiger partial charge is 0.503 e. The van der Waals surface area contributed by atoms with Crippen molar-refractivity contribution in [3.8, 4) is 5.75 Å². The molecule has 2 unspecified atom stereocenters. The van der Waals surface area contributed by atoms with E-state index in [0.717, 1.165) is 23.6 Å². The number of hydrogen-bond acceptors (Lipinski definition) is 12. The molecule has 16 heteroatoms. The van der Waals surface area contributed by atoms with Gasteiger partial charge in [-0.15, -0.1) is 11.3 Å². The van der Waals surface area contributed by atoms with Crippen LogP contribution in [0.25, 0.3) is 0 Å². The summed E-state index contributed by atoms with van der Waals surface area (Å²) >= 11 is 1.09. The summed E-state index contributed by atoms with van der Waals surface area (Å²) in [6, 6.07) is -0.227. The molecule has 178 valence electrons. The molecule has 0 spiro atoms. The lowest BCUT2D eigenvalue weighted by Gasteiger charge is -2.31. The maximum absolute atomic E-state index is 12.9. The number of amides is 1. The number of nitrogens with two attached hydrogens (primary N) is 1. The van der Waals surface area contributed by atoms with Crippen LogP contribution in [0.4, 0.5) is 5.13 Å². The van der Waals surface area contributed by atoms with E-state index in [1.54, 1.807) is 0 Å². The number of pyridine rings is 1. The molecule has 1 fully saturated rings. The van der Waals surface area contributed by atoms with Crippen molar-refractivity contribution >= 4 is 35.5 Å². The van der Waals surface area contributed by atoms with Crippen LogP contribution >= 0.6 is 11.3 Å². The van der Waals surface area contributed by atoms with Crippen molar-refractivity contribution in [3.05, 3.63) is 39.3 Å². The Morgan fingerprint density at radius 3 is 2.85 bits per heavy atom. The van der Waals surface area contributed by atoms with Gasteiger partial charge in [-0.25, -0.2) is 4.98 Å². The number of hydrogen-bond donors (Lipinski definition) is 7. The zero-order chi connectivity index (χ0) is 24.1. The molecule has 3 rings (SSSR count). The minimum Gasteiger partial charge on any atom is -0.503 e. The van der Waals surface area contributed by atoms with Crippen LogP contribution in [0, 0.1) is 0 Å². The molecule has 0 bridgehead atoms. The summed E-state index contributed by atoms with van der Waals surface area (Å²) in [6.07, 6.45) is 0.474. The molecule has 3 heterocycles. The maximum Gasteiger partial charge on any atom is 0.478 e. The number of carbonyl (C=O) groups is 2. The van der Waals surface area contributed by atoms with Crippen LogP contribution in [0.3, 0.4) is 0 Å². The van der Waals surface area contributed by atoms with E-state index in [2.05, 4.69) is 15.8 Å². The van der Waals surface area contributed by atoms with E-state index in [1.165, 1.54) is 5.38 Å². The molecule has 2 aromatic heterocycles. The third-order valence-electron chi connectivity index (χ3n) is 4.81. The average molecular weight is 483 g/mol. The summed E-state index contributed by atoms with van der Waals surface area (Å²) in [5, 5.41) is 42.4. The number of rotatable bonds is 9. The Kier molecular flexibility index (Phi) is 7.88. The van der Waals surface area contributed by atoms with Crippen molar-refractivity contribution in [1.29, 1.82) is 0 Å². The number of nitrogens with zero attached hydrogens (tertiary/aromatic N) is 2. The van der Waals surface area contributed by atoms with Gasteiger partial charge in [0, 0.05) is 11.4 Å². The number of aliphatic carboxylic acids is 1. The highest BCUT2D eigenvalue weighted by Crippen LogP contribution is 2.22. The Balaban J connectivity index is 1.65. The van der Waals surface area contributed by atoms with E-state index in [1.807, 2.05) is 0 Å². The summed E-state index contributed by atoms with van der Waals surface area (Å²) in [5.41, 5.74) is 7.62. The van der Waals surface area contributed by atoms with E-state index in [4.69, 9.17) is 20.3 Å². The smallest absolute Gasteiger partial charge is 0.478 e. The molecule has 1 aliphatic heterocycles. The number of aromatic hydroxyl groups is 1. The number of nitrogens with one attached hydrogen (secondary N) is 2. The van der Waals surface area contributed by atoms with Crippen LogP contribution in [-0.4, -0.2) is 61.2 Å². The van der Waals surface area contributed by atoms with E-state index in [0.29, 0.717) is 11.2 Å². The lowest BCUT2D eigenvalue weighted by atomic mass is 9.72. The molecule has 0 aliphatic carbocycles. The maximum atomic E-state index is 12.9. The van der Waals surface area contributed by atoms with Gasteiger partial charge in [-0.05, 0) is 12.8 Å². The predicted octanol–water partition coefficient (Wildman–Crippen LogP) is -1.25. The molecule has 2 aromatic rings. The topological polar surface area (TPSA) is 218 Å². The van der Waals surface area contributed by atoms with Crippen LogP contribution in [0.15, 0.2) is 22.4 Å². The lowest BCUT2D eigenvalue weighted by Crippen LogP contribution is -2.54. The van der Waals surface area contributed by atoms with Gasteiger partial charge in [0.1, 0.15) is 6.61 Å². The van der Waals surface area contributed by atoms with Gasteiger partial charge >= 0.3 is 13.1 Å². The second kappa shape index (κ2) is 10.6. The van der Waals surface area contributed by atoms with Crippen molar-refractivity contribution in [2.24, 2.45) is 0 Å². The van der Waals surface area contributed by atoms with Gasteiger partial charge in [0.05, 0.1) is 36.1 Å². The minimum atomic E-state index is -1.41. The molecular formula is C17H22BN5O9S. The molecule has 1 saturated heterocycles. The van der Waals surface area contributed by atoms with Gasteiger partial charge in [0.2, 0.25) is 11.3 Å². The number of hydroxylamine groups is 1. The fraction of sp³-hybridized carbons (Fsp3) is 0.412. The van der Waals surface area contributed by atoms with Gasteiger partial charge < -0.3 is 36.1 Å². The van der Waals surface area contributed by atoms with Gasteiger partial charge in [0.25, 0.3) is 0 Å². The lowest BCUT2D eigenvalue weighted by molar-refractivity contribution is -0.139. The Morgan fingerprint density at radius 1 is 1.45 bits per heavy atom. The van der Waals surface area contributed by atoms with E-state index >= 15 is 0 Å². The average Bonchev–Trinajstić information content (AvgIpc) is 3.16. The molecular weight excluding hydrogens is 461 g/mol. The van der Waals surface area contributed by atoms with Crippen molar-refractivity contribution in [2.75, 3.05) is 5.73 Å². The van der Waals surface area contributed by atoms with Crippen LogP contribution in [0.2, 0.25) is 0 Å². The number of aromatic nitrogens is 2. The van der Waals surface area contributed by atoms with E-state index in [9.17, 15) is 29.7 Å². The molecule has 1 amide bonds. The third kappa shape index (κ3) is 6.42. The highest BCUT2D eigenvalue weighted by atomic mass is 32.1. The highest BCUT2D eigenvalue weighted by molar-refractivity contribution is 7.13. The molecule has 1 aliphatic rings. The van der Waals surface area contributed by atoms with Gasteiger partial charge in [-0.2, -0.15) is 10.2 Å². The van der Waals surface area contributed by atoms with Gasteiger partial charge in [-0.1, -0.05) is 0 Å². The normalized spacial score (nSPS) is 19.2. The molecule has 33 heavy (non-hydrogen) atoms. The molecule has 0 aromatic carbocycles. The summed E-state index contributed by atoms with van der Waals surface area (Å²) in [7, 11) is -1.41. The quantitative estimate of drug-likeness (QED) is 0.126. The van der Waals surface area contributed by atoms with Crippen LogP contribution in [0.1, 0.15) is 36.7 Å². The first-order valence-corrected chi connectivity index (χ1v) is 10.6. The minimum absolute atomic E-state index is 0.0113. The number of carboxylic acids is 1. The Morgan fingerprint density at radius 2 is 2.21 bits per heavy atom. The fourth-order valence-corrected chi connectivity index (χ4v) is 3.75. The Labute approximate surface area is 190 Å². The zero-order valence-electron chi connectivity index (χ0n) is 17.1. The standard InChI is InChI=1S/C17H22BN5O9S/c19-17-20-10(7-33-17)15(22-31-6-8-3-11(24)12(25)5-23(8)30)16(28)21-13-2-1-9(4-14(26)27)32-18(13)29/h3,5,7,9,13,15,22,25,29-30H,1-2,4,6H2,(H2,19,20)(H,21,28)(H,26,27)/t9?,13-,15?/m0/s1. The number of carbonyl (C=O) groups excluding carboxylic acids is 1. The number of nitrogen functional groups attached to an aromatic ring is 1. The number of carboxylic acid groups (broad SMARTS) is 1. The second-order valence-corrected chi connectivity index (χ2v) is 8.14. The monoisotopic (exact) mass is 483 g/mol. The zero-order valence-corrected chi connectivity index (χ0v) is 17.9. The summed E-state index contributed by atoms with van der Waals surface area (Å²) < 4.78 is 5.76. The summed E-state index contributed by atoms with van der Waals surface area (Å²) in [5.74, 6) is -3.15. The van der Waals surface area contributed by atoms with E-state index < -0.39 is 48.3 Å². The summed E-state index contributed by atoms with van der Waals surface area (Å²) in [6.45, 7) is -0.360. The summed E-state index contributed by atoms with van der Waals surface area (Å²) in [4.78, 5) is 44.6. The number of thiazole rings is 1.